The van der Waals surface area contributed by atoms with E-state index in [9.17, 15) is 14.0 Å². The minimum Gasteiger partial charge on any atom is -0.489 e. The Morgan fingerprint density at radius 1 is 1.12 bits per heavy atom. The number of esters is 1. The molecule has 1 heterocycles. The van der Waals surface area contributed by atoms with Gasteiger partial charge in [-0.2, -0.15) is 0 Å². The van der Waals surface area contributed by atoms with Gasteiger partial charge in [0.1, 0.15) is 18.2 Å². The Labute approximate surface area is 191 Å². The fourth-order valence-electron chi connectivity index (χ4n) is 3.38. The third-order valence-electron chi connectivity index (χ3n) is 4.90. The quantitative estimate of drug-likeness (QED) is 0.551. The molecule has 0 spiro atoms. The lowest BCUT2D eigenvalue weighted by Crippen LogP contribution is -2.47. The molecular weight excluding hydrogens is 435 g/mol. The second-order valence-corrected chi connectivity index (χ2v) is 8.43. The fraction of sp³-hybridized carbons (Fsp3) is 0.333. The van der Waals surface area contributed by atoms with E-state index in [0.29, 0.717) is 27.6 Å². The molecule has 2 aromatic rings. The first-order valence-electron chi connectivity index (χ1n) is 10.4. The summed E-state index contributed by atoms with van der Waals surface area (Å²) < 4.78 is 25.1. The molecule has 1 atom stereocenters. The number of halogens is 2. The van der Waals surface area contributed by atoms with E-state index in [1.54, 1.807) is 44.2 Å². The normalized spacial score (nSPS) is 16.1. The Kier molecular flexibility index (Phi) is 7.40. The number of urea groups is 1. The van der Waals surface area contributed by atoms with Crippen LogP contribution in [0.25, 0.3) is 0 Å². The van der Waals surface area contributed by atoms with Crippen LogP contribution in [0.4, 0.5) is 9.18 Å². The summed E-state index contributed by atoms with van der Waals surface area (Å²) >= 11 is 6.04. The maximum atomic E-state index is 13.9. The van der Waals surface area contributed by atoms with Crippen LogP contribution in [0.3, 0.4) is 0 Å². The van der Waals surface area contributed by atoms with E-state index in [1.807, 2.05) is 13.8 Å². The minimum atomic E-state index is -0.678. The van der Waals surface area contributed by atoms with E-state index in [4.69, 9.17) is 21.1 Å². The number of amides is 2. The maximum Gasteiger partial charge on any atom is 0.338 e. The third-order valence-corrected chi connectivity index (χ3v) is 5.25. The van der Waals surface area contributed by atoms with Crippen LogP contribution < -0.4 is 15.4 Å². The molecule has 32 heavy (non-hydrogen) atoms. The van der Waals surface area contributed by atoms with Gasteiger partial charge in [-0.25, -0.2) is 14.0 Å². The number of allylic oxidation sites excluding steroid dienone is 1. The summed E-state index contributed by atoms with van der Waals surface area (Å²) in [7, 11) is 0. The van der Waals surface area contributed by atoms with Crippen molar-refractivity contribution in [3.63, 3.8) is 0 Å². The van der Waals surface area contributed by atoms with Gasteiger partial charge in [0.25, 0.3) is 0 Å². The Morgan fingerprint density at radius 3 is 2.41 bits per heavy atom. The molecule has 8 heteroatoms. The molecule has 2 aromatic carbocycles. The molecule has 0 radical (unpaired) electrons. The summed E-state index contributed by atoms with van der Waals surface area (Å²) in [5, 5.41) is 5.82. The van der Waals surface area contributed by atoms with Crippen molar-refractivity contribution in [1.29, 1.82) is 0 Å². The molecule has 2 amide bonds. The summed E-state index contributed by atoms with van der Waals surface area (Å²) in [4.78, 5) is 25.1. The number of hydrogen-bond acceptors (Lipinski definition) is 4. The standard InChI is InChI=1S/C24H26ClFN2O4/c1-13(2)21-20(23(29)32-14(3)4)22(28-24(30)27-21)15-8-10-16(11-9-15)31-12-17-18(25)6-5-7-19(17)26/h5-11,13-14,22H,12H2,1-4H3,(H2,27,28,30). The third kappa shape index (κ3) is 5.40. The first-order chi connectivity index (χ1) is 15.2. The second kappa shape index (κ2) is 10.0. The van der Waals surface area contributed by atoms with E-state index in [0.717, 1.165) is 0 Å². The zero-order valence-corrected chi connectivity index (χ0v) is 19.1. The minimum absolute atomic E-state index is 0.0295. The average molecular weight is 461 g/mol. The summed E-state index contributed by atoms with van der Waals surface area (Å²) in [5.74, 6) is -0.527. The molecule has 0 aliphatic carbocycles. The molecule has 3 rings (SSSR count). The van der Waals surface area contributed by atoms with Gasteiger partial charge in [-0.3, -0.25) is 0 Å². The van der Waals surface area contributed by atoms with Gasteiger partial charge in [-0.1, -0.05) is 43.6 Å². The van der Waals surface area contributed by atoms with Crippen molar-refractivity contribution < 1.29 is 23.5 Å². The Hall–Kier alpha value is -3.06. The predicted octanol–water partition coefficient (Wildman–Crippen LogP) is 5.27. The monoisotopic (exact) mass is 460 g/mol. The highest BCUT2D eigenvalue weighted by Crippen LogP contribution is 2.32. The van der Waals surface area contributed by atoms with Crippen LogP contribution >= 0.6 is 11.6 Å². The SMILES string of the molecule is CC(C)OC(=O)C1=C(C(C)C)NC(=O)NC1c1ccc(OCc2c(F)cccc2Cl)cc1. The number of nitrogens with one attached hydrogen (secondary N) is 2. The Bertz CT molecular complexity index is 1010. The van der Waals surface area contributed by atoms with Crippen LogP contribution in [0, 0.1) is 11.7 Å². The van der Waals surface area contributed by atoms with Gasteiger partial charge in [0.2, 0.25) is 0 Å². The number of benzene rings is 2. The molecule has 0 fully saturated rings. The number of carbonyl (C=O) groups excluding carboxylic acids is 2. The molecule has 6 nitrogen and oxygen atoms in total. The van der Waals surface area contributed by atoms with Crippen molar-refractivity contribution in [3.05, 3.63) is 75.7 Å². The zero-order valence-electron chi connectivity index (χ0n) is 18.4. The molecule has 0 bridgehead atoms. The Morgan fingerprint density at radius 2 is 1.81 bits per heavy atom. The van der Waals surface area contributed by atoms with Crippen molar-refractivity contribution in [3.8, 4) is 5.75 Å². The van der Waals surface area contributed by atoms with E-state index in [1.165, 1.54) is 12.1 Å². The molecule has 1 unspecified atom stereocenters. The highest BCUT2D eigenvalue weighted by molar-refractivity contribution is 6.31. The van der Waals surface area contributed by atoms with Crippen molar-refractivity contribution in [2.45, 2.75) is 46.4 Å². The van der Waals surface area contributed by atoms with Crippen LogP contribution in [0.2, 0.25) is 5.02 Å². The van der Waals surface area contributed by atoms with Crippen LogP contribution in [0.15, 0.2) is 53.7 Å². The second-order valence-electron chi connectivity index (χ2n) is 8.03. The van der Waals surface area contributed by atoms with Crippen LogP contribution in [0.5, 0.6) is 5.75 Å². The fourth-order valence-corrected chi connectivity index (χ4v) is 3.60. The van der Waals surface area contributed by atoms with Crippen molar-refractivity contribution in [2.24, 2.45) is 5.92 Å². The van der Waals surface area contributed by atoms with Crippen LogP contribution in [-0.4, -0.2) is 18.1 Å². The highest BCUT2D eigenvalue weighted by Gasteiger charge is 2.35. The summed E-state index contributed by atoms with van der Waals surface area (Å²) in [6.07, 6.45) is -0.303. The van der Waals surface area contributed by atoms with E-state index < -0.39 is 23.9 Å². The number of carbonyl (C=O) groups is 2. The number of hydrogen-bond donors (Lipinski definition) is 2. The van der Waals surface area contributed by atoms with Crippen LogP contribution in [0.1, 0.15) is 44.9 Å². The number of ether oxygens (including phenoxy) is 2. The summed E-state index contributed by atoms with van der Waals surface area (Å²) in [5.41, 5.74) is 1.84. The zero-order chi connectivity index (χ0) is 23.4. The lowest BCUT2D eigenvalue weighted by molar-refractivity contribution is -0.143. The molecule has 170 valence electrons. The van der Waals surface area contributed by atoms with Crippen molar-refractivity contribution in [2.75, 3.05) is 0 Å². The first kappa shape index (κ1) is 23.6. The molecule has 0 saturated carbocycles. The predicted molar refractivity (Wildman–Crippen MR) is 120 cm³/mol. The van der Waals surface area contributed by atoms with Gasteiger partial charge in [-0.15, -0.1) is 0 Å². The average Bonchev–Trinajstić information content (AvgIpc) is 2.72. The van der Waals surface area contributed by atoms with Gasteiger partial charge in [0.15, 0.2) is 0 Å². The van der Waals surface area contributed by atoms with Crippen molar-refractivity contribution >= 4 is 23.6 Å². The van der Waals surface area contributed by atoms with E-state index in [-0.39, 0.29) is 24.2 Å². The topological polar surface area (TPSA) is 76.7 Å². The molecule has 0 saturated heterocycles. The van der Waals surface area contributed by atoms with Gasteiger partial charge in [0, 0.05) is 11.3 Å². The summed E-state index contributed by atoms with van der Waals surface area (Å²) in [6, 6.07) is 10.3. The summed E-state index contributed by atoms with van der Waals surface area (Å²) in [6.45, 7) is 7.30. The van der Waals surface area contributed by atoms with Gasteiger partial charge in [0.05, 0.1) is 22.7 Å². The molecule has 2 N–H and O–H groups in total. The largest absolute Gasteiger partial charge is 0.489 e. The lowest BCUT2D eigenvalue weighted by atomic mass is 9.91. The van der Waals surface area contributed by atoms with Gasteiger partial charge < -0.3 is 20.1 Å². The molecule has 1 aliphatic heterocycles. The van der Waals surface area contributed by atoms with Crippen molar-refractivity contribution in [1.82, 2.24) is 10.6 Å². The Balaban J connectivity index is 1.85. The maximum absolute atomic E-state index is 13.9. The molecule has 0 aromatic heterocycles. The van der Waals surface area contributed by atoms with Gasteiger partial charge >= 0.3 is 12.0 Å². The first-order valence-corrected chi connectivity index (χ1v) is 10.7. The van der Waals surface area contributed by atoms with Crippen LogP contribution in [-0.2, 0) is 16.1 Å². The van der Waals surface area contributed by atoms with E-state index in [2.05, 4.69) is 10.6 Å². The molecular formula is C24H26ClFN2O4. The smallest absolute Gasteiger partial charge is 0.338 e. The lowest BCUT2D eigenvalue weighted by Gasteiger charge is -2.31. The van der Waals surface area contributed by atoms with E-state index >= 15 is 0 Å². The number of rotatable bonds is 7. The van der Waals surface area contributed by atoms with Gasteiger partial charge in [-0.05, 0) is 49.6 Å². The molecule has 1 aliphatic rings. The highest BCUT2D eigenvalue weighted by atomic mass is 35.5.